The Morgan fingerprint density at radius 2 is 2.21 bits per heavy atom. The fourth-order valence-electron chi connectivity index (χ4n) is 5.32. The van der Waals surface area contributed by atoms with Gasteiger partial charge >= 0.3 is 0 Å². The zero-order chi connectivity index (χ0) is 19.8. The van der Waals surface area contributed by atoms with Crippen LogP contribution >= 0.6 is 11.3 Å². The fraction of sp³-hybridized carbons (Fsp3) is 0.700. The molecule has 6 rings (SSSR count). The lowest BCUT2D eigenvalue weighted by molar-refractivity contribution is -0.127. The molecule has 0 spiro atoms. The van der Waals surface area contributed by atoms with E-state index in [0.29, 0.717) is 22.8 Å². The molecule has 2 aromatic heterocycles. The van der Waals surface area contributed by atoms with E-state index in [4.69, 9.17) is 0 Å². The van der Waals surface area contributed by atoms with Crippen molar-refractivity contribution >= 4 is 22.4 Å². The van der Waals surface area contributed by atoms with Crippen LogP contribution in [0.25, 0.3) is 0 Å². The summed E-state index contributed by atoms with van der Waals surface area (Å²) >= 11 is 1.46. The first-order valence-corrected chi connectivity index (χ1v) is 11.6. The van der Waals surface area contributed by atoms with Gasteiger partial charge in [-0.25, -0.2) is 4.98 Å². The van der Waals surface area contributed by atoms with Crippen LogP contribution < -0.4 is 5.32 Å². The lowest BCUT2D eigenvalue weighted by Gasteiger charge is -2.49. The standard InChI is InChI=1S/C20H28N6O2S/c27-18(22-19-21-7-9-29-19)16-12-25-8-4-14(16)10-15(25)11-26-13-17(23-24-26)20(28)5-2-1-3-6-20/h7,9,13-16,28H,1-6,8,10-12H2,(H,21,22,27)/t14-,15-,16+/m1/s1. The molecule has 3 aliphatic heterocycles. The summed E-state index contributed by atoms with van der Waals surface area (Å²) in [7, 11) is 0. The van der Waals surface area contributed by atoms with E-state index in [0.717, 1.165) is 58.2 Å². The Morgan fingerprint density at radius 3 is 2.93 bits per heavy atom. The average molecular weight is 417 g/mol. The number of hydrogen-bond acceptors (Lipinski definition) is 7. The number of nitrogens with one attached hydrogen (secondary N) is 1. The third-order valence-corrected chi connectivity index (χ3v) is 7.66. The number of carbonyl (C=O) groups excluding carboxylic acids is 1. The van der Waals surface area contributed by atoms with Crippen molar-refractivity contribution in [3.8, 4) is 0 Å². The molecular formula is C20H28N6O2S. The highest BCUT2D eigenvalue weighted by molar-refractivity contribution is 7.13. The summed E-state index contributed by atoms with van der Waals surface area (Å²) in [6.45, 7) is 2.58. The highest BCUT2D eigenvalue weighted by Gasteiger charge is 2.43. The van der Waals surface area contributed by atoms with Crippen LogP contribution in [0.2, 0.25) is 0 Å². The zero-order valence-corrected chi connectivity index (χ0v) is 17.4. The smallest absolute Gasteiger partial charge is 0.230 e. The molecule has 8 nitrogen and oxygen atoms in total. The minimum absolute atomic E-state index is 0.0261. The Kier molecular flexibility index (Phi) is 5.13. The summed E-state index contributed by atoms with van der Waals surface area (Å²) < 4.78 is 1.89. The summed E-state index contributed by atoms with van der Waals surface area (Å²) in [5.74, 6) is 0.518. The number of aliphatic hydroxyl groups is 1. The van der Waals surface area contributed by atoms with Gasteiger partial charge in [-0.15, -0.1) is 16.4 Å². The maximum absolute atomic E-state index is 12.7. The number of carbonyl (C=O) groups is 1. The van der Waals surface area contributed by atoms with E-state index in [-0.39, 0.29) is 11.8 Å². The highest BCUT2D eigenvalue weighted by atomic mass is 32.1. The zero-order valence-electron chi connectivity index (χ0n) is 16.5. The Balaban J connectivity index is 1.21. The van der Waals surface area contributed by atoms with Gasteiger partial charge in [0.1, 0.15) is 11.3 Å². The maximum atomic E-state index is 12.7. The van der Waals surface area contributed by atoms with Crippen LogP contribution in [0.1, 0.15) is 50.6 Å². The quantitative estimate of drug-likeness (QED) is 0.776. The van der Waals surface area contributed by atoms with Crippen molar-refractivity contribution in [3.63, 3.8) is 0 Å². The van der Waals surface area contributed by atoms with Crippen molar-refractivity contribution in [1.82, 2.24) is 24.9 Å². The van der Waals surface area contributed by atoms with Crippen molar-refractivity contribution in [2.24, 2.45) is 11.8 Å². The second-order valence-corrected chi connectivity index (χ2v) is 9.68. The van der Waals surface area contributed by atoms with Crippen LogP contribution in [-0.4, -0.2) is 55.0 Å². The molecule has 4 aliphatic rings. The SMILES string of the molecule is O=C(Nc1nccs1)[C@H]1CN2CC[C@@H]1C[C@@H]2Cn1cc(C2(O)CCCCC2)nn1. The van der Waals surface area contributed by atoms with E-state index in [2.05, 4.69) is 25.5 Å². The first-order chi connectivity index (χ1) is 14.1. The second kappa shape index (κ2) is 7.77. The molecule has 2 N–H and O–H groups in total. The van der Waals surface area contributed by atoms with Crippen molar-refractivity contribution in [1.29, 1.82) is 0 Å². The van der Waals surface area contributed by atoms with E-state index in [1.807, 2.05) is 16.3 Å². The Labute approximate surface area is 174 Å². The summed E-state index contributed by atoms with van der Waals surface area (Å²) in [5, 5.41) is 25.0. The van der Waals surface area contributed by atoms with Crippen LogP contribution in [0.3, 0.4) is 0 Å². The van der Waals surface area contributed by atoms with Gasteiger partial charge in [-0.1, -0.05) is 24.5 Å². The van der Waals surface area contributed by atoms with Gasteiger partial charge in [0.2, 0.25) is 5.91 Å². The monoisotopic (exact) mass is 416 g/mol. The van der Waals surface area contributed by atoms with Crippen LogP contribution in [0.4, 0.5) is 5.13 Å². The number of hydrogen-bond donors (Lipinski definition) is 2. The van der Waals surface area contributed by atoms with Gasteiger partial charge in [0.05, 0.1) is 18.7 Å². The summed E-state index contributed by atoms with van der Waals surface area (Å²) in [6.07, 6.45) is 10.5. The van der Waals surface area contributed by atoms with Gasteiger partial charge in [0.25, 0.3) is 0 Å². The van der Waals surface area contributed by atoms with Crippen molar-refractivity contribution in [2.75, 3.05) is 18.4 Å². The lowest BCUT2D eigenvalue weighted by atomic mass is 9.75. The largest absolute Gasteiger partial charge is 0.383 e. The third kappa shape index (κ3) is 3.83. The van der Waals surface area contributed by atoms with Gasteiger partial charge in [0, 0.05) is 24.2 Å². The van der Waals surface area contributed by atoms with Crippen LogP contribution in [0, 0.1) is 11.8 Å². The Hall–Kier alpha value is -1.84. The molecule has 3 saturated heterocycles. The Morgan fingerprint density at radius 1 is 1.34 bits per heavy atom. The number of amides is 1. The number of aromatic nitrogens is 4. The van der Waals surface area contributed by atoms with Gasteiger partial charge in [0.15, 0.2) is 5.13 Å². The molecule has 2 aromatic rings. The fourth-order valence-corrected chi connectivity index (χ4v) is 5.85. The molecule has 1 unspecified atom stereocenters. The second-order valence-electron chi connectivity index (χ2n) is 8.78. The number of thiazole rings is 1. The predicted molar refractivity (Wildman–Crippen MR) is 109 cm³/mol. The molecule has 0 radical (unpaired) electrons. The van der Waals surface area contributed by atoms with Crippen molar-refractivity contribution < 1.29 is 9.90 Å². The molecule has 1 amide bonds. The number of fused-ring (bicyclic) bond motifs is 3. The summed E-state index contributed by atoms with van der Waals surface area (Å²) in [6, 6.07) is 0.369. The molecule has 156 valence electrons. The van der Waals surface area contributed by atoms with Gasteiger partial charge in [-0.2, -0.15) is 0 Å². The first-order valence-electron chi connectivity index (χ1n) is 10.7. The van der Waals surface area contributed by atoms with E-state index < -0.39 is 5.60 Å². The Bertz CT molecular complexity index is 847. The normalized spacial score (nSPS) is 30.9. The molecule has 4 atom stereocenters. The molecule has 5 heterocycles. The molecule has 29 heavy (non-hydrogen) atoms. The molecule has 0 aromatic carbocycles. The molecule has 1 saturated carbocycles. The van der Waals surface area contributed by atoms with Gasteiger partial charge in [-0.05, 0) is 38.1 Å². The van der Waals surface area contributed by atoms with E-state index in [1.165, 1.54) is 17.8 Å². The van der Waals surface area contributed by atoms with E-state index in [9.17, 15) is 9.90 Å². The van der Waals surface area contributed by atoms with Crippen LogP contribution in [-0.2, 0) is 16.9 Å². The average Bonchev–Trinajstić information content (AvgIpc) is 3.41. The molecule has 2 bridgehead atoms. The van der Waals surface area contributed by atoms with E-state index >= 15 is 0 Å². The van der Waals surface area contributed by atoms with E-state index in [1.54, 1.807) is 6.20 Å². The molecule has 1 aliphatic carbocycles. The molecule has 4 fully saturated rings. The number of anilines is 1. The number of nitrogens with zero attached hydrogens (tertiary/aromatic N) is 5. The summed E-state index contributed by atoms with van der Waals surface area (Å²) in [4.78, 5) is 19.3. The molecular weight excluding hydrogens is 388 g/mol. The maximum Gasteiger partial charge on any atom is 0.230 e. The third-order valence-electron chi connectivity index (χ3n) is 6.97. The summed E-state index contributed by atoms with van der Waals surface area (Å²) in [5.41, 5.74) is -0.0877. The lowest BCUT2D eigenvalue weighted by Crippen LogP contribution is -2.57. The van der Waals surface area contributed by atoms with Gasteiger partial charge in [-0.3, -0.25) is 14.4 Å². The topological polar surface area (TPSA) is 96.2 Å². The number of rotatable bonds is 5. The number of piperidine rings is 3. The minimum Gasteiger partial charge on any atom is -0.383 e. The van der Waals surface area contributed by atoms with Crippen molar-refractivity contribution in [2.45, 2.75) is 63.1 Å². The first kappa shape index (κ1) is 19.1. The molecule has 9 heteroatoms. The van der Waals surface area contributed by atoms with Crippen molar-refractivity contribution in [3.05, 3.63) is 23.5 Å². The highest BCUT2D eigenvalue weighted by Crippen LogP contribution is 2.38. The minimum atomic E-state index is -0.804. The van der Waals surface area contributed by atoms with Gasteiger partial charge < -0.3 is 10.4 Å². The van der Waals surface area contributed by atoms with Crippen LogP contribution in [0.15, 0.2) is 17.8 Å². The van der Waals surface area contributed by atoms with Crippen LogP contribution in [0.5, 0.6) is 0 Å². The predicted octanol–water partition coefficient (Wildman–Crippen LogP) is 2.24.